The molecule has 1 heterocycles. The van der Waals surface area contributed by atoms with E-state index < -0.39 is 40.6 Å². The van der Waals surface area contributed by atoms with Crippen LogP contribution in [0.1, 0.15) is 5.56 Å². The normalized spacial score (nSPS) is 20.1. The van der Waals surface area contributed by atoms with Crippen molar-refractivity contribution in [1.82, 2.24) is 5.32 Å². The van der Waals surface area contributed by atoms with Crippen molar-refractivity contribution in [3.63, 3.8) is 0 Å². The number of carbonyl (C=O) groups excluding carboxylic acids is 3. The highest BCUT2D eigenvalue weighted by molar-refractivity contribution is 9.09. The Morgan fingerprint density at radius 3 is 2.61 bits per heavy atom. The number of anilines is 1. The first-order valence-electron chi connectivity index (χ1n) is 5.89. The number of hydrogen-bond donors (Lipinski definition) is 2. The van der Waals surface area contributed by atoms with Gasteiger partial charge in [0.1, 0.15) is 0 Å². The molecule has 0 aromatic heterocycles. The van der Waals surface area contributed by atoms with E-state index in [1.807, 2.05) is 5.32 Å². The molecule has 6 nitrogen and oxygen atoms in total. The zero-order valence-corrected chi connectivity index (χ0v) is 13.3. The van der Waals surface area contributed by atoms with Gasteiger partial charge in [-0.05, 0) is 18.2 Å². The Morgan fingerprint density at radius 2 is 2.04 bits per heavy atom. The first-order valence-corrected chi connectivity index (χ1v) is 7.38. The van der Waals surface area contributed by atoms with Crippen LogP contribution >= 0.6 is 27.5 Å². The van der Waals surface area contributed by atoms with Gasteiger partial charge in [0.2, 0.25) is 5.91 Å². The van der Waals surface area contributed by atoms with Crippen LogP contribution in [0.3, 0.4) is 0 Å². The lowest BCUT2D eigenvalue weighted by molar-refractivity contribution is -0.255. The second-order valence-electron chi connectivity index (χ2n) is 4.39. The predicted octanol–water partition coefficient (Wildman–Crippen LogP) is 2.70. The number of ether oxygens (including phenoxy) is 1. The molecule has 0 fully saturated rings. The summed E-state index contributed by atoms with van der Waals surface area (Å²) in [6, 6.07) is 3.16. The summed E-state index contributed by atoms with van der Waals surface area (Å²) in [5.41, 5.74) is -4.71. The molecule has 0 saturated heterocycles. The third kappa shape index (κ3) is 3.00. The Kier molecular flexibility index (Phi) is 4.58. The average Bonchev–Trinajstić information content (AvgIpc) is 2.45. The minimum Gasteiger partial charge on any atom is -0.417 e. The van der Waals surface area contributed by atoms with Crippen molar-refractivity contribution in [2.24, 2.45) is 0 Å². The summed E-state index contributed by atoms with van der Waals surface area (Å²) in [7, 11) is 0. The minimum atomic E-state index is -5.33. The highest BCUT2D eigenvalue weighted by Crippen LogP contribution is 2.48. The molecule has 1 aromatic carbocycles. The van der Waals surface area contributed by atoms with Gasteiger partial charge in [-0.25, -0.2) is 4.79 Å². The van der Waals surface area contributed by atoms with Gasteiger partial charge in [0.15, 0.2) is 0 Å². The molecular formula is C12H7BrClF3N2O4. The first-order chi connectivity index (χ1) is 10.6. The van der Waals surface area contributed by atoms with Crippen molar-refractivity contribution in [2.75, 3.05) is 10.6 Å². The van der Waals surface area contributed by atoms with E-state index in [9.17, 15) is 27.6 Å². The molecular weight excluding hydrogens is 408 g/mol. The molecule has 23 heavy (non-hydrogen) atoms. The quantitative estimate of drug-likeness (QED) is 0.728. The Bertz CT molecular complexity index is 697. The number of imide groups is 1. The van der Waals surface area contributed by atoms with Crippen LogP contribution in [-0.4, -0.2) is 29.4 Å². The van der Waals surface area contributed by atoms with Crippen LogP contribution in [0.4, 0.5) is 23.7 Å². The van der Waals surface area contributed by atoms with E-state index in [-0.39, 0.29) is 10.7 Å². The lowest BCUT2D eigenvalue weighted by Gasteiger charge is -2.37. The fourth-order valence-corrected chi connectivity index (χ4v) is 2.31. The number of carbonyl (C=O) groups is 3. The van der Waals surface area contributed by atoms with Crippen molar-refractivity contribution in [2.45, 2.75) is 11.8 Å². The summed E-state index contributed by atoms with van der Waals surface area (Å²) in [6.45, 7) is 0. The number of benzene rings is 1. The van der Waals surface area contributed by atoms with E-state index in [4.69, 9.17) is 11.6 Å². The Labute approximate surface area is 140 Å². The number of nitrogens with one attached hydrogen (secondary N) is 2. The topological polar surface area (TPSA) is 84.5 Å². The van der Waals surface area contributed by atoms with Gasteiger partial charge in [-0.2, -0.15) is 13.2 Å². The zero-order valence-electron chi connectivity index (χ0n) is 11.0. The van der Waals surface area contributed by atoms with Gasteiger partial charge in [0.05, 0.1) is 11.0 Å². The van der Waals surface area contributed by atoms with E-state index in [1.165, 1.54) is 11.4 Å². The maximum atomic E-state index is 13.7. The van der Waals surface area contributed by atoms with Gasteiger partial charge in [-0.15, -0.1) is 0 Å². The maximum Gasteiger partial charge on any atom is 0.442 e. The second kappa shape index (κ2) is 6.00. The van der Waals surface area contributed by atoms with Gasteiger partial charge in [0.25, 0.3) is 5.91 Å². The third-order valence-corrected chi connectivity index (χ3v) is 3.68. The molecule has 0 aliphatic carbocycles. The number of rotatable bonds is 2. The fraction of sp³-hybridized carbons (Fsp3) is 0.250. The van der Waals surface area contributed by atoms with E-state index in [1.54, 1.807) is 0 Å². The Morgan fingerprint density at radius 1 is 1.39 bits per heavy atom. The predicted molar refractivity (Wildman–Crippen MR) is 76.2 cm³/mol. The van der Waals surface area contributed by atoms with Crippen LogP contribution in [-0.2, 0) is 19.9 Å². The van der Waals surface area contributed by atoms with Crippen LogP contribution in [0.5, 0.6) is 0 Å². The van der Waals surface area contributed by atoms with Gasteiger partial charge >= 0.3 is 17.9 Å². The summed E-state index contributed by atoms with van der Waals surface area (Å²) < 4.78 is 45.3. The first kappa shape index (κ1) is 17.5. The molecule has 2 rings (SSSR count). The summed E-state index contributed by atoms with van der Waals surface area (Å²) >= 11 is 8.39. The molecule has 1 aromatic rings. The van der Waals surface area contributed by atoms with Crippen LogP contribution in [0, 0.1) is 0 Å². The molecule has 1 aliphatic rings. The lowest BCUT2D eigenvalue weighted by Crippen LogP contribution is -2.60. The fourth-order valence-electron chi connectivity index (χ4n) is 2.00. The van der Waals surface area contributed by atoms with Crippen molar-refractivity contribution in [3.05, 3.63) is 28.8 Å². The average molecular weight is 416 g/mol. The van der Waals surface area contributed by atoms with Crippen LogP contribution in [0.15, 0.2) is 18.2 Å². The lowest BCUT2D eigenvalue weighted by atomic mass is 9.89. The zero-order chi connectivity index (χ0) is 17.4. The molecule has 1 aliphatic heterocycles. The highest BCUT2D eigenvalue weighted by Gasteiger charge is 2.68. The SMILES string of the molecule is O=C(CBr)NC(=O)[C@]1(C(F)(F)F)OC(=O)Nc2ccc(Cl)cc21. The van der Waals surface area contributed by atoms with Crippen LogP contribution in [0.2, 0.25) is 5.02 Å². The molecule has 0 unspecified atom stereocenters. The smallest absolute Gasteiger partial charge is 0.417 e. The van der Waals surface area contributed by atoms with Gasteiger partial charge in [-0.1, -0.05) is 27.5 Å². The highest BCUT2D eigenvalue weighted by atomic mass is 79.9. The molecule has 0 bridgehead atoms. The molecule has 0 radical (unpaired) electrons. The van der Waals surface area contributed by atoms with Crippen LogP contribution < -0.4 is 10.6 Å². The van der Waals surface area contributed by atoms with Crippen molar-refractivity contribution < 1.29 is 32.3 Å². The molecule has 2 N–H and O–H groups in total. The largest absolute Gasteiger partial charge is 0.442 e. The summed E-state index contributed by atoms with van der Waals surface area (Å²) in [6.07, 6.45) is -6.82. The molecule has 1 atom stereocenters. The Hall–Kier alpha value is -1.81. The van der Waals surface area contributed by atoms with Gasteiger partial charge in [-0.3, -0.25) is 20.2 Å². The number of hydrogen-bond acceptors (Lipinski definition) is 4. The minimum absolute atomic E-state index is 0.114. The third-order valence-electron chi connectivity index (χ3n) is 2.94. The Balaban J connectivity index is 2.68. The number of amides is 3. The summed E-state index contributed by atoms with van der Waals surface area (Å²) in [5, 5.41) is 3.05. The summed E-state index contributed by atoms with van der Waals surface area (Å²) in [4.78, 5) is 34.9. The van der Waals surface area contributed by atoms with Crippen molar-refractivity contribution in [3.8, 4) is 0 Å². The van der Waals surface area contributed by atoms with E-state index in [0.717, 1.165) is 12.1 Å². The molecule has 0 spiro atoms. The monoisotopic (exact) mass is 414 g/mol. The molecule has 3 amide bonds. The molecule has 11 heteroatoms. The van der Waals surface area contributed by atoms with E-state index >= 15 is 0 Å². The van der Waals surface area contributed by atoms with Gasteiger partial charge < -0.3 is 4.74 Å². The van der Waals surface area contributed by atoms with E-state index in [2.05, 4.69) is 20.7 Å². The molecule has 0 saturated carbocycles. The summed E-state index contributed by atoms with van der Waals surface area (Å²) in [5.74, 6) is -2.87. The van der Waals surface area contributed by atoms with Crippen molar-refractivity contribution >= 4 is 51.1 Å². The number of halogens is 5. The van der Waals surface area contributed by atoms with Crippen LogP contribution in [0.25, 0.3) is 0 Å². The number of alkyl halides is 4. The molecule has 124 valence electrons. The second-order valence-corrected chi connectivity index (χ2v) is 5.39. The standard InChI is InChI=1S/C12H7BrClF3N2O4/c13-4-8(20)19-9(21)11(12(15,16)17)6-3-5(14)1-2-7(6)18-10(22)23-11/h1-3H,4H2,(H,18,22)(H,19,20,21)/t11-/m1/s1. The van der Waals surface area contributed by atoms with Crippen molar-refractivity contribution in [1.29, 1.82) is 0 Å². The maximum absolute atomic E-state index is 13.7. The number of cyclic esters (lactones) is 1. The van der Waals surface area contributed by atoms with E-state index in [0.29, 0.717) is 0 Å². The number of fused-ring (bicyclic) bond motifs is 1. The van der Waals surface area contributed by atoms with Gasteiger partial charge in [0, 0.05) is 10.6 Å².